The minimum Gasteiger partial charge on any atom is -0.490 e. The molecule has 31 heavy (non-hydrogen) atoms. The summed E-state index contributed by atoms with van der Waals surface area (Å²) < 4.78 is 11.7. The standard InChI is InChI=1S/C24H22N2O5/c1-13-17-12-20-19(30-8-5-9-31-20)10-15(17)11-21-24(29)18-7-4-3-6-16(18)23(28)26(24)14(2)22(27)25(13)21/h3-4,6-7,10,12,14,21,29H,1,5,8-9,11H2,2H3/t14-,21+,24-/m0/s1. The van der Waals surface area contributed by atoms with E-state index in [2.05, 4.69) is 6.58 Å². The van der Waals surface area contributed by atoms with Crippen molar-refractivity contribution in [2.24, 2.45) is 0 Å². The molecular formula is C24H22N2O5. The van der Waals surface area contributed by atoms with Gasteiger partial charge in [0.2, 0.25) is 5.91 Å². The number of ether oxygens (including phenoxy) is 2. The van der Waals surface area contributed by atoms with Gasteiger partial charge in [0.15, 0.2) is 17.2 Å². The molecule has 7 nitrogen and oxygen atoms in total. The summed E-state index contributed by atoms with van der Waals surface area (Å²) in [4.78, 5) is 29.5. The molecular weight excluding hydrogens is 396 g/mol. The minimum atomic E-state index is -1.63. The zero-order valence-corrected chi connectivity index (χ0v) is 17.1. The van der Waals surface area contributed by atoms with Crippen LogP contribution in [0, 0.1) is 0 Å². The summed E-state index contributed by atoms with van der Waals surface area (Å²) >= 11 is 0. The summed E-state index contributed by atoms with van der Waals surface area (Å²) in [5.74, 6) is 0.710. The van der Waals surface area contributed by atoms with E-state index in [1.807, 2.05) is 12.1 Å². The van der Waals surface area contributed by atoms with Gasteiger partial charge < -0.3 is 19.5 Å². The Morgan fingerprint density at radius 3 is 2.58 bits per heavy atom. The molecule has 4 heterocycles. The van der Waals surface area contributed by atoms with E-state index >= 15 is 0 Å². The van der Waals surface area contributed by atoms with E-state index in [4.69, 9.17) is 9.47 Å². The van der Waals surface area contributed by atoms with Crippen LogP contribution < -0.4 is 9.47 Å². The largest absolute Gasteiger partial charge is 0.490 e. The molecule has 3 atom stereocenters. The maximum atomic E-state index is 13.4. The minimum absolute atomic E-state index is 0.251. The number of carbonyl (C=O) groups is 2. The lowest BCUT2D eigenvalue weighted by molar-refractivity contribution is -0.189. The lowest BCUT2D eigenvalue weighted by atomic mass is 9.80. The quantitative estimate of drug-likeness (QED) is 0.710. The number of hydrogen-bond donors (Lipinski definition) is 1. The average molecular weight is 418 g/mol. The molecule has 0 saturated carbocycles. The fraction of sp³-hybridized carbons (Fsp3) is 0.333. The van der Waals surface area contributed by atoms with Gasteiger partial charge in [-0.05, 0) is 37.1 Å². The van der Waals surface area contributed by atoms with Gasteiger partial charge in [-0.3, -0.25) is 14.5 Å². The Balaban J connectivity index is 1.54. The molecule has 7 heteroatoms. The van der Waals surface area contributed by atoms with E-state index in [9.17, 15) is 14.7 Å². The van der Waals surface area contributed by atoms with E-state index < -0.39 is 17.8 Å². The van der Waals surface area contributed by atoms with E-state index in [1.54, 1.807) is 36.1 Å². The highest BCUT2D eigenvalue weighted by molar-refractivity contribution is 6.05. The highest BCUT2D eigenvalue weighted by Gasteiger charge is 2.63. The number of aliphatic hydroxyl groups is 1. The number of benzene rings is 2. The van der Waals surface area contributed by atoms with Crippen LogP contribution in [-0.4, -0.2) is 52.0 Å². The van der Waals surface area contributed by atoms with Crippen molar-refractivity contribution in [3.63, 3.8) is 0 Å². The van der Waals surface area contributed by atoms with Gasteiger partial charge in [-0.2, -0.15) is 0 Å². The van der Waals surface area contributed by atoms with Crippen LogP contribution in [0.5, 0.6) is 11.5 Å². The van der Waals surface area contributed by atoms with Gasteiger partial charge in [0.1, 0.15) is 6.04 Å². The van der Waals surface area contributed by atoms with Crippen molar-refractivity contribution in [2.75, 3.05) is 13.2 Å². The molecule has 2 amide bonds. The highest BCUT2D eigenvalue weighted by Crippen LogP contribution is 2.51. The molecule has 0 bridgehead atoms. The second-order valence-electron chi connectivity index (χ2n) is 8.50. The van der Waals surface area contributed by atoms with Crippen LogP contribution in [0.1, 0.15) is 40.4 Å². The van der Waals surface area contributed by atoms with Crippen molar-refractivity contribution in [1.29, 1.82) is 0 Å². The molecule has 1 saturated heterocycles. The molecule has 6 rings (SSSR count). The summed E-state index contributed by atoms with van der Waals surface area (Å²) in [5, 5.41) is 12.1. The fourth-order valence-corrected chi connectivity index (χ4v) is 5.44. The maximum Gasteiger partial charge on any atom is 0.257 e. The maximum absolute atomic E-state index is 13.4. The Morgan fingerprint density at radius 1 is 1.10 bits per heavy atom. The molecule has 0 spiro atoms. The van der Waals surface area contributed by atoms with Crippen LogP contribution in [0.15, 0.2) is 43.0 Å². The molecule has 0 unspecified atom stereocenters. The van der Waals surface area contributed by atoms with E-state index in [0.29, 0.717) is 48.0 Å². The van der Waals surface area contributed by atoms with Crippen molar-refractivity contribution in [3.05, 3.63) is 65.2 Å². The molecule has 4 aliphatic heterocycles. The normalized spacial score (nSPS) is 28.5. The molecule has 0 aromatic heterocycles. The lowest BCUT2D eigenvalue weighted by Crippen LogP contribution is -2.70. The molecule has 4 aliphatic rings. The second kappa shape index (κ2) is 6.11. The Kier molecular flexibility index (Phi) is 3.63. The third-order valence-corrected chi connectivity index (χ3v) is 6.89. The van der Waals surface area contributed by atoms with Gasteiger partial charge >= 0.3 is 0 Å². The summed E-state index contributed by atoms with van der Waals surface area (Å²) in [6, 6.07) is 9.31. The monoisotopic (exact) mass is 418 g/mol. The SMILES string of the molecule is C=C1c2cc3c(cc2C[C@H]2N1C(=O)[C@H](C)N1C(=O)c4ccccc4[C@]21O)OCCCO3. The third kappa shape index (κ3) is 2.21. The predicted octanol–water partition coefficient (Wildman–Crippen LogP) is 2.28. The predicted molar refractivity (Wildman–Crippen MR) is 111 cm³/mol. The van der Waals surface area contributed by atoms with Crippen molar-refractivity contribution in [2.45, 2.75) is 37.6 Å². The van der Waals surface area contributed by atoms with Crippen LogP contribution in [0.4, 0.5) is 0 Å². The third-order valence-electron chi connectivity index (χ3n) is 6.89. The zero-order chi connectivity index (χ0) is 21.5. The molecule has 2 aromatic carbocycles. The first kappa shape index (κ1) is 18.4. The van der Waals surface area contributed by atoms with Gasteiger partial charge in [0.25, 0.3) is 5.91 Å². The van der Waals surface area contributed by atoms with Crippen LogP contribution >= 0.6 is 0 Å². The Bertz CT molecular complexity index is 1170. The van der Waals surface area contributed by atoms with Crippen LogP contribution in [0.3, 0.4) is 0 Å². The van der Waals surface area contributed by atoms with Gasteiger partial charge in [0, 0.05) is 28.8 Å². The smallest absolute Gasteiger partial charge is 0.257 e. The van der Waals surface area contributed by atoms with Crippen molar-refractivity contribution >= 4 is 17.5 Å². The number of nitrogens with zero attached hydrogens (tertiary/aromatic N) is 2. The van der Waals surface area contributed by atoms with Gasteiger partial charge in [-0.15, -0.1) is 0 Å². The molecule has 0 radical (unpaired) electrons. The fourth-order valence-electron chi connectivity index (χ4n) is 5.44. The average Bonchev–Trinajstić information content (AvgIpc) is 2.89. The number of carbonyl (C=O) groups excluding carboxylic acids is 2. The number of amides is 2. The van der Waals surface area contributed by atoms with E-state index in [-0.39, 0.29) is 11.8 Å². The lowest BCUT2D eigenvalue weighted by Gasteiger charge is -2.54. The molecule has 0 aliphatic carbocycles. The molecule has 2 aromatic rings. The summed E-state index contributed by atoms with van der Waals surface area (Å²) in [6.07, 6.45) is 1.15. The number of fused-ring (bicyclic) bond motifs is 7. The van der Waals surface area contributed by atoms with Crippen molar-refractivity contribution in [1.82, 2.24) is 9.80 Å². The summed E-state index contributed by atoms with van der Waals surface area (Å²) in [7, 11) is 0. The van der Waals surface area contributed by atoms with Crippen LogP contribution in [0.25, 0.3) is 5.70 Å². The first-order valence-corrected chi connectivity index (χ1v) is 10.5. The van der Waals surface area contributed by atoms with Gasteiger partial charge in [-0.1, -0.05) is 24.8 Å². The molecule has 1 N–H and O–H groups in total. The number of rotatable bonds is 0. The Labute approximate surface area is 179 Å². The Hall–Kier alpha value is -3.32. The van der Waals surface area contributed by atoms with E-state index in [0.717, 1.165) is 17.5 Å². The first-order chi connectivity index (χ1) is 14.9. The topological polar surface area (TPSA) is 79.3 Å². The first-order valence-electron chi connectivity index (χ1n) is 10.5. The van der Waals surface area contributed by atoms with Gasteiger partial charge in [-0.25, -0.2) is 0 Å². The van der Waals surface area contributed by atoms with Crippen molar-refractivity contribution in [3.8, 4) is 11.5 Å². The van der Waals surface area contributed by atoms with Gasteiger partial charge in [0.05, 0.1) is 19.3 Å². The van der Waals surface area contributed by atoms with Crippen LogP contribution in [-0.2, 0) is 16.9 Å². The molecule has 158 valence electrons. The second-order valence-corrected chi connectivity index (χ2v) is 8.50. The summed E-state index contributed by atoms with van der Waals surface area (Å²) in [6.45, 7) is 7.00. The van der Waals surface area contributed by atoms with Crippen LogP contribution in [0.2, 0.25) is 0 Å². The van der Waals surface area contributed by atoms with Crippen molar-refractivity contribution < 1.29 is 24.2 Å². The number of hydrogen-bond acceptors (Lipinski definition) is 5. The summed E-state index contributed by atoms with van der Waals surface area (Å²) in [5.41, 5.74) is 1.54. The zero-order valence-electron chi connectivity index (χ0n) is 17.1. The Morgan fingerprint density at radius 2 is 1.81 bits per heavy atom. The highest BCUT2D eigenvalue weighted by atomic mass is 16.5. The van der Waals surface area contributed by atoms with E-state index in [1.165, 1.54) is 4.90 Å². The number of piperazine rings is 1. The molecule has 1 fully saturated rings.